The maximum absolute atomic E-state index is 3.56. The molecule has 2 aromatic carbocycles. The highest BCUT2D eigenvalue weighted by atomic mass is 32.1. The lowest BCUT2D eigenvalue weighted by Gasteiger charge is -2.41. The SMILES string of the molecule is P[P+](c1ccccc1-c1ccccc1)(C1CCCCC1)C1CCCCC1. The van der Waals surface area contributed by atoms with Crippen molar-refractivity contribution >= 4 is 21.2 Å². The van der Waals surface area contributed by atoms with Crippen LogP contribution >= 0.6 is 15.9 Å². The highest BCUT2D eigenvalue weighted by Gasteiger charge is 2.51. The molecule has 2 heteroatoms. The second-order valence-corrected chi connectivity index (χ2v) is 14.5. The molecule has 0 spiro atoms. The number of hydrogen-bond acceptors (Lipinski definition) is 0. The lowest BCUT2D eigenvalue weighted by Crippen LogP contribution is -2.32. The van der Waals surface area contributed by atoms with Gasteiger partial charge in [-0.05, 0) is 63.0 Å². The van der Waals surface area contributed by atoms with Crippen LogP contribution in [0, 0.1) is 0 Å². The van der Waals surface area contributed by atoms with E-state index in [1.165, 1.54) is 75.3 Å². The van der Waals surface area contributed by atoms with Gasteiger partial charge in [0.15, 0.2) is 0 Å². The van der Waals surface area contributed by atoms with Crippen LogP contribution < -0.4 is 5.30 Å². The van der Waals surface area contributed by atoms with Crippen molar-refractivity contribution in [2.45, 2.75) is 75.5 Å². The minimum atomic E-state index is -1.26. The van der Waals surface area contributed by atoms with Crippen molar-refractivity contribution in [3.63, 3.8) is 0 Å². The average Bonchev–Trinajstić information content (AvgIpc) is 2.75. The van der Waals surface area contributed by atoms with Crippen LogP contribution in [-0.4, -0.2) is 11.3 Å². The fourth-order valence-electron chi connectivity index (χ4n) is 5.38. The van der Waals surface area contributed by atoms with Crippen LogP contribution in [0.3, 0.4) is 0 Å². The summed E-state index contributed by atoms with van der Waals surface area (Å²) >= 11 is 0. The Morgan fingerprint density at radius 3 is 1.69 bits per heavy atom. The summed E-state index contributed by atoms with van der Waals surface area (Å²) in [5.41, 5.74) is 4.76. The zero-order valence-corrected chi connectivity index (χ0v) is 18.0. The molecule has 0 saturated heterocycles. The summed E-state index contributed by atoms with van der Waals surface area (Å²) in [5, 5.41) is 1.70. The standard InChI is InChI=1S/C24H33P2/c25-26(21-14-6-2-7-15-21,22-16-8-3-9-17-22)24-19-11-10-18-23(24)20-12-4-1-5-13-20/h1,4-5,10-13,18-19,21-22H,2-3,6-9,14-17,25H2/q+1. The Morgan fingerprint density at radius 2 is 1.12 bits per heavy atom. The smallest absolute Gasteiger partial charge is 0.0622 e. The Morgan fingerprint density at radius 1 is 0.615 bits per heavy atom. The molecule has 0 nitrogen and oxygen atoms in total. The molecule has 2 aliphatic rings. The van der Waals surface area contributed by atoms with Gasteiger partial charge in [-0.1, -0.05) is 61.4 Å². The first-order valence-corrected chi connectivity index (χ1v) is 14.2. The van der Waals surface area contributed by atoms with Crippen LogP contribution in [0.25, 0.3) is 11.1 Å². The van der Waals surface area contributed by atoms with Crippen LogP contribution in [0.15, 0.2) is 54.6 Å². The highest BCUT2D eigenvalue weighted by Crippen LogP contribution is 2.77. The molecule has 2 aromatic rings. The van der Waals surface area contributed by atoms with Gasteiger partial charge in [0.25, 0.3) is 0 Å². The van der Waals surface area contributed by atoms with E-state index < -0.39 is 6.95 Å². The molecule has 0 N–H and O–H groups in total. The van der Waals surface area contributed by atoms with Gasteiger partial charge in [-0.3, -0.25) is 0 Å². The van der Waals surface area contributed by atoms with Gasteiger partial charge in [0, 0.05) is 14.5 Å². The fourth-order valence-corrected chi connectivity index (χ4v) is 12.6. The fraction of sp³-hybridized carbons (Fsp3) is 0.500. The maximum Gasteiger partial charge on any atom is 0.104 e. The molecule has 2 aliphatic carbocycles. The third kappa shape index (κ3) is 3.66. The van der Waals surface area contributed by atoms with Crippen molar-refractivity contribution in [3.8, 4) is 11.1 Å². The Labute approximate surface area is 162 Å². The third-order valence-electron chi connectivity index (χ3n) is 6.76. The topological polar surface area (TPSA) is 0 Å². The van der Waals surface area contributed by atoms with Crippen LogP contribution in [0.2, 0.25) is 0 Å². The largest absolute Gasteiger partial charge is 0.104 e. The van der Waals surface area contributed by atoms with E-state index in [2.05, 4.69) is 63.5 Å². The predicted octanol–water partition coefficient (Wildman–Crippen LogP) is 7.45. The van der Waals surface area contributed by atoms with Gasteiger partial charge in [-0.15, -0.1) is 0 Å². The number of hydrogen-bond donors (Lipinski definition) is 0. The molecule has 0 radical (unpaired) electrons. The Bertz CT molecular complexity index is 679. The molecular formula is C24H33P2+. The summed E-state index contributed by atoms with van der Waals surface area (Å²) in [5.74, 6) is 0. The normalized spacial score (nSPS) is 20.2. The first kappa shape index (κ1) is 18.7. The average molecular weight is 383 g/mol. The van der Waals surface area contributed by atoms with Crippen LogP contribution in [0.4, 0.5) is 0 Å². The maximum atomic E-state index is 3.56. The van der Waals surface area contributed by atoms with Crippen LogP contribution in [0.1, 0.15) is 64.2 Å². The third-order valence-corrected chi connectivity index (χ3v) is 14.8. The molecule has 1 unspecified atom stereocenters. The van der Waals surface area contributed by atoms with Gasteiger partial charge in [0.1, 0.15) is 5.30 Å². The van der Waals surface area contributed by atoms with Gasteiger partial charge in [0.05, 0.1) is 18.3 Å². The molecule has 2 fully saturated rings. The quantitative estimate of drug-likeness (QED) is 0.481. The molecule has 0 aromatic heterocycles. The van der Waals surface area contributed by atoms with E-state index in [1.54, 1.807) is 5.30 Å². The van der Waals surface area contributed by atoms with E-state index in [1.807, 2.05) is 0 Å². The van der Waals surface area contributed by atoms with Gasteiger partial charge in [0.2, 0.25) is 0 Å². The van der Waals surface area contributed by atoms with Gasteiger partial charge in [-0.2, -0.15) is 0 Å². The Hall–Kier alpha value is -0.700. The summed E-state index contributed by atoms with van der Waals surface area (Å²) < 4.78 is 0. The first-order valence-electron chi connectivity index (χ1n) is 10.6. The summed E-state index contributed by atoms with van der Waals surface area (Å²) in [6, 6.07) is 20.5. The van der Waals surface area contributed by atoms with Gasteiger partial charge >= 0.3 is 0 Å². The van der Waals surface area contributed by atoms with Crippen molar-refractivity contribution in [1.29, 1.82) is 0 Å². The van der Waals surface area contributed by atoms with Crippen molar-refractivity contribution in [2.24, 2.45) is 0 Å². The second-order valence-electron chi connectivity index (χ2n) is 8.30. The summed E-state index contributed by atoms with van der Waals surface area (Å²) in [6.45, 7) is -1.26. The lowest BCUT2D eigenvalue weighted by molar-refractivity contribution is 0.485. The van der Waals surface area contributed by atoms with E-state index in [9.17, 15) is 0 Å². The summed E-state index contributed by atoms with van der Waals surface area (Å²) in [4.78, 5) is 0. The summed E-state index contributed by atoms with van der Waals surface area (Å²) in [6.07, 6.45) is 14.5. The molecule has 4 rings (SSSR count). The minimum absolute atomic E-state index is 0.925. The van der Waals surface area contributed by atoms with Crippen molar-refractivity contribution < 1.29 is 0 Å². The minimum Gasteiger partial charge on any atom is -0.0622 e. The number of benzene rings is 2. The van der Waals surface area contributed by atoms with E-state index in [-0.39, 0.29) is 0 Å². The van der Waals surface area contributed by atoms with E-state index in [4.69, 9.17) is 0 Å². The molecule has 2 saturated carbocycles. The van der Waals surface area contributed by atoms with Gasteiger partial charge < -0.3 is 0 Å². The summed E-state index contributed by atoms with van der Waals surface area (Å²) in [7, 11) is 3.56. The molecule has 1 atom stereocenters. The van der Waals surface area contributed by atoms with Crippen molar-refractivity contribution in [1.82, 2.24) is 0 Å². The van der Waals surface area contributed by atoms with Crippen LogP contribution in [-0.2, 0) is 0 Å². The van der Waals surface area contributed by atoms with Crippen molar-refractivity contribution in [3.05, 3.63) is 54.6 Å². The van der Waals surface area contributed by atoms with E-state index in [0.29, 0.717) is 0 Å². The second kappa shape index (κ2) is 8.54. The lowest BCUT2D eigenvalue weighted by atomic mass is 9.99. The monoisotopic (exact) mass is 383 g/mol. The molecular weight excluding hydrogens is 350 g/mol. The Balaban J connectivity index is 1.81. The first-order chi connectivity index (χ1) is 12.8. The van der Waals surface area contributed by atoms with E-state index >= 15 is 0 Å². The van der Waals surface area contributed by atoms with Crippen LogP contribution in [0.5, 0.6) is 0 Å². The van der Waals surface area contributed by atoms with Gasteiger partial charge in [-0.25, -0.2) is 0 Å². The molecule has 0 amide bonds. The Kier molecular flexibility index (Phi) is 6.13. The molecule has 0 heterocycles. The highest BCUT2D eigenvalue weighted by molar-refractivity contribution is 8.29. The molecule has 138 valence electrons. The zero-order chi connectivity index (χ0) is 17.8. The molecule has 0 bridgehead atoms. The molecule has 26 heavy (non-hydrogen) atoms. The number of rotatable bonds is 4. The zero-order valence-electron chi connectivity index (χ0n) is 15.9. The predicted molar refractivity (Wildman–Crippen MR) is 122 cm³/mol. The molecule has 0 aliphatic heterocycles. The van der Waals surface area contributed by atoms with E-state index in [0.717, 1.165) is 11.3 Å². The van der Waals surface area contributed by atoms with Crippen molar-refractivity contribution in [2.75, 3.05) is 0 Å².